The van der Waals surface area contributed by atoms with E-state index < -0.39 is 0 Å². The first-order valence-corrected chi connectivity index (χ1v) is 10.2. The Morgan fingerprint density at radius 3 is 2.43 bits per heavy atom. The maximum Gasteiger partial charge on any atom is 0.245 e. The van der Waals surface area contributed by atoms with Crippen LogP contribution in [-0.2, 0) is 0 Å². The second kappa shape index (κ2) is 8.33. The summed E-state index contributed by atoms with van der Waals surface area (Å²) < 4.78 is 7.50. The van der Waals surface area contributed by atoms with Crippen molar-refractivity contribution < 1.29 is 4.63 Å². The molecule has 2 heterocycles. The Bertz CT molecular complexity index is 1180. The second-order valence-corrected chi connectivity index (χ2v) is 8.19. The Balaban J connectivity index is 1.65. The van der Waals surface area contributed by atoms with E-state index >= 15 is 0 Å². The van der Waals surface area contributed by atoms with Crippen LogP contribution in [0.4, 0.5) is 17.3 Å². The van der Waals surface area contributed by atoms with E-state index in [0.29, 0.717) is 17.3 Å². The highest BCUT2D eigenvalue weighted by Crippen LogP contribution is 2.26. The predicted octanol–water partition coefficient (Wildman–Crippen LogP) is 5.49. The van der Waals surface area contributed by atoms with Crippen molar-refractivity contribution in [1.29, 1.82) is 0 Å². The van der Waals surface area contributed by atoms with Crippen molar-refractivity contribution in [3.8, 4) is 0 Å². The number of nitrogens with zero attached hydrogens (tertiary/aromatic N) is 5. The van der Waals surface area contributed by atoms with Crippen molar-refractivity contribution in [2.24, 2.45) is 5.10 Å². The van der Waals surface area contributed by atoms with Crippen LogP contribution in [0, 0.1) is 0 Å². The zero-order valence-corrected chi connectivity index (χ0v) is 18.7. The van der Waals surface area contributed by atoms with E-state index in [2.05, 4.69) is 83.9 Å². The minimum atomic E-state index is 0.279. The summed E-state index contributed by atoms with van der Waals surface area (Å²) in [7, 11) is 0. The van der Waals surface area contributed by atoms with Gasteiger partial charge in [0, 0.05) is 24.7 Å². The number of hydrazone groups is 1. The molecule has 28 heavy (non-hydrogen) atoms. The van der Waals surface area contributed by atoms with Gasteiger partial charge in [-0.25, -0.2) is 9.61 Å². The lowest BCUT2D eigenvalue weighted by Crippen LogP contribution is -2.03. The van der Waals surface area contributed by atoms with E-state index in [1.807, 2.05) is 42.5 Å². The molecular formula is C17H10Br3N7O. The minimum absolute atomic E-state index is 0.279. The van der Waals surface area contributed by atoms with Gasteiger partial charge in [0.05, 0.1) is 6.21 Å². The molecule has 0 atom stereocenters. The first kappa shape index (κ1) is 19.0. The van der Waals surface area contributed by atoms with Gasteiger partial charge in [-0.1, -0.05) is 53.9 Å². The van der Waals surface area contributed by atoms with Gasteiger partial charge in [0.2, 0.25) is 11.3 Å². The van der Waals surface area contributed by atoms with Crippen LogP contribution >= 0.6 is 47.8 Å². The highest BCUT2D eigenvalue weighted by molar-refractivity contribution is 9.11. The molecule has 140 valence electrons. The maximum absolute atomic E-state index is 4.71. The zero-order chi connectivity index (χ0) is 19.5. The Labute approximate surface area is 184 Å². The van der Waals surface area contributed by atoms with Gasteiger partial charge in [0.1, 0.15) is 0 Å². The van der Waals surface area contributed by atoms with E-state index in [0.717, 1.165) is 24.7 Å². The molecule has 4 rings (SSSR count). The number of rotatable bonds is 5. The topological polar surface area (TPSA) is 101 Å². The largest absolute Gasteiger partial charge is 0.337 e. The van der Waals surface area contributed by atoms with E-state index in [9.17, 15) is 0 Å². The monoisotopic (exact) mass is 565 g/mol. The van der Waals surface area contributed by atoms with E-state index in [1.54, 1.807) is 6.21 Å². The maximum atomic E-state index is 4.71. The normalized spacial score (nSPS) is 11.2. The molecule has 8 nitrogen and oxygen atoms in total. The molecule has 2 aromatic carbocycles. The Morgan fingerprint density at radius 1 is 0.893 bits per heavy atom. The van der Waals surface area contributed by atoms with Crippen LogP contribution in [0.2, 0.25) is 0 Å². The van der Waals surface area contributed by atoms with Crippen LogP contribution in [0.15, 0.2) is 65.6 Å². The Hall–Kier alpha value is -2.37. The van der Waals surface area contributed by atoms with Gasteiger partial charge in [0.25, 0.3) is 0 Å². The van der Waals surface area contributed by atoms with Crippen molar-refractivity contribution >= 4 is 82.6 Å². The highest BCUT2D eigenvalue weighted by Gasteiger charge is 2.13. The smallest absolute Gasteiger partial charge is 0.245 e. The molecule has 0 amide bonds. The van der Waals surface area contributed by atoms with Gasteiger partial charge < -0.3 is 5.32 Å². The summed E-state index contributed by atoms with van der Waals surface area (Å²) >= 11 is 10.4. The fourth-order valence-corrected chi connectivity index (χ4v) is 3.41. The third-order valence-corrected chi connectivity index (χ3v) is 5.24. The first-order valence-electron chi connectivity index (χ1n) is 7.85. The lowest BCUT2D eigenvalue weighted by Gasteiger charge is -2.09. The third kappa shape index (κ3) is 4.37. The number of fused-ring (bicyclic) bond motifs is 1. The van der Waals surface area contributed by atoms with Gasteiger partial charge in [-0.05, 0) is 46.7 Å². The molecule has 0 spiro atoms. The Kier molecular flexibility index (Phi) is 5.64. The average Bonchev–Trinajstić information content (AvgIpc) is 3.12. The molecule has 0 saturated carbocycles. The van der Waals surface area contributed by atoms with E-state index in [1.165, 1.54) is 0 Å². The molecular weight excluding hydrogens is 558 g/mol. The number of benzene rings is 2. The molecule has 0 aliphatic rings. The molecule has 2 N–H and O–H groups in total. The molecule has 0 fully saturated rings. The third-order valence-electron chi connectivity index (χ3n) is 3.53. The van der Waals surface area contributed by atoms with Crippen molar-refractivity contribution in [2.45, 2.75) is 0 Å². The fourth-order valence-electron chi connectivity index (χ4n) is 2.28. The molecule has 0 unspecified atom stereocenters. The zero-order valence-electron chi connectivity index (χ0n) is 13.9. The van der Waals surface area contributed by atoms with Crippen molar-refractivity contribution in [3.05, 3.63) is 61.4 Å². The summed E-state index contributed by atoms with van der Waals surface area (Å²) in [6.45, 7) is 0. The van der Waals surface area contributed by atoms with Gasteiger partial charge in [0.15, 0.2) is 11.6 Å². The quantitative estimate of drug-likeness (QED) is 0.243. The van der Waals surface area contributed by atoms with Crippen LogP contribution in [0.25, 0.3) is 11.3 Å². The molecule has 0 aliphatic carbocycles. The fraction of sp³-hybridized carbons (Fsp3) is 0. The summed E-state index contributed by atoms with van der Waals surface area (Å²) in [6, 6.07) is 13.5. The minimum Gasteiger partial charge on any atom is -0.337 e. The van der Waals surface area contributed by atoms with Gasteiger partial charge >= 0.3 is 0 Å². The summed E-state index contributed by atoms with van der Waals surface area (Å²) in [4.78, 5) is 8.78. The molecule has 0 radical (unpaired) electrons. The second-order valence-electron chi connectivity index (χ2n) is 5.50. The van der Waals surface area contributed by atoms with Crippen LogP contribution in [0.3, 0.4) is 0 Å². The van der Waals surface area contributed by atoms with Crippen molar-refractivity contribution in [3.63, 3.8) is 0 Å². The van der Waals surface area contributed by atoms with Gasteiger partial charge in [-0.15, -0.1) is 0 Å². The van der Waals surface area contributed by atoms with Crippen LogP contribution in [-0.4, -0.2) is 26.5 Å². The van der Waals surface area contributed by atoms with E-state index in [-0.39, 0.29) is 5.65 Å². The molecule has 0 bridgehead atoms. The number of hydrogen-bond acceptors (Lipinski definition) is 8. The molecule has 0 saturated heterocycles. The first-order chi connectivity index (χ1) is 13.6. The number of nitrogens with one attached hydrogen (secondary N) is 2. The summed E-state index contributed by atoms with van der Waals surface area (Å²) in [5.41, 5.74) is 5.18. The standard InChI is InChI=1S/C17H10Br3N7O/c18-10-2-1-3-12(7-10)22-14-15(24-17-16(23-14)26-28-27-17)25-21-8-9-6-11(19)4-5-13(9)20/h1-8H,(H,22,23,26)(H,24,25,27)/b21-8+. The molecule has 11 heteroatoms. The SMILES string of the molecule is Brc1cccc(Nc2nc3nonc3nc2N/N=C/c2cc(Br)ccc2Br)c1. The van der Waals surface area contributed by atoms with Gasteiger partial charge in [-0.3, -0.25) is 5.43 Å². The molecule has 0 aliphatic heterocycles. The Morgan fingerprint density at radius 2 is 1.64 bits per heavy atom. The van der Waals surface area contributed by atoms with Crippen LogP contribution < -0.4 is 10.7 Å². The van der Waals surface area contributed by atoms with Crippen LogP contribution in [0.5, 0.6) is 0 Å². The average molecular weight is 568 g/mol. The number of aromatic nitrogens is 4. The number of anilines is 3. The lowest BCUT2D eigenvalue weighted by atomic mass is 10.2. The summed E-state index contributed by atoms with van der Waals surface area (Å²) in [5, 5.41) is 14.9. The lowest BCUT2D eigenvalue weighted by molar-refractivity contribution is 0.314. The summed E-state index contributed by atoms with van der Waals surface area (Å²) in [6.07, 6.45) is 1.67. The van der Waals surface area contributed by atoms with Gasteiger partial charge in [-0.2, -0.15) is 10.1 Å². The van der Waals surface area contributed by atoms with E-state index in [4.69, 9.17) is 4.63 Å². The van der Waals surface area contributed by atoms with Crippen LogP contribution in [0.1, 0.15) is 5.56 Å². The van der Waals surface area contributed by atoms with Crippen molar-refractivity contribution in [2.75, 3.05) is 10.7 Å². The number of hydrogen-bond donors (Lipinski definition) is 2. The van der Waals surface area contributed by atoms with Crippen molar-refractivity contribution in [1.82, 2.24) is 20.3 Å². The number of halogens is 3. The summed E-state index contributed by atoms with van der Waals surface area (Å²) in [5.74, 6) is 0.817. The highest BCUT2D eigenvalue weighted by atomic mass is 79.9. The molecule has 4 aromatic rings. The molecule has 2 aromatic heterocycles. The predicted molar refractivity (Wildman–Crippen MR) is 118 cm³/mol.